The fraction of sp³-hybridized carbons (Fsp3) is 0.875. The molecule has 23 heavy (non-hydrogen) atoms. The topological polar surface area (TPSA) is 53.1 Å². The molecule has 3 aliphatic heterocycles. The molecule has 0 bridgehead atoms. The number of carbonyl (C=O) groups excluding carboxylic acids is 2. The second kappa shape index (κ2) is 7.75. The minimum Gasteiger partial charge on any atom is -0.468 e. The Hall–Kier alpha value is -0.950. The van der Waals surface area contributed by atoms with Crippen molar-refractivity contribution in [2.75, 3.05) is 51.3 Å². The van der Waals surface area contributed by atoms with E-state index < -0.39 is 0 Å². The van der Waals surface area contributed by atoms with Crippen LogP contribution in [0.3, 0.4) is 0 Å². The van der Waals surface area contributed by atoms with Crippen molar-refractivity contribution in [2.45, 2.75) is 37.8 Å². The Balaban J connectivity index is 1.51. The van der Waals surface area contributed by atoms with Crippen molar-refractivity contribution in [1.82, 2.24) is 14.7 Å². The quantitative estimate of drug-likeness (QED) is 0.708. The molecule has 2 amide bonds. The molecule has 0 spiro atoms. The first-order valence-electron chi connectivity index (χ1n) is 8.66. The molecule has 0 aromatic rings. The summed E-state index contributed by atoms with van der Waals surface area (Å²) < 4.78 is 4.94. The molecule has 6 nitrogen and oxygen atoms in total. The van der Waals surface area contributed by atoms with E-state index in [9.17, 15) is 9.59 Å². The van der Waals surface area contributed by atoms with Crippen LogP contribution in [-0.4, -0.2) is 90.1 Å². The van der Waals surface area contributed by atoms with Crippen LogP contribution in [0.4, 0.5) is 4.79 Å². The molecule has 7 heteroatoms. The van der Waals surface area contributed by atoms with Crippen molar-refractivity contribution in [2.24, 2.45) is 0 Å². The molecule has 3 heterocycles. The molecule has 3 saturated heterocycles. The van der Waals surface area contributed by atoms with Crippen molar-refractivity contribution < 1.29 is 14.3 Å². The summed E-state index contributed by atoms with van der Waals surface area (Å²) in [6.45, 7) is 4.33. The number of hydrogen-bond acceptors (Lipinski definition) is 5. The van der Waals surface area contributed by atoms with Gasteiger partial charge in [0.15, 0.2) is 0 Å². The highest BCUT2D eigenvalue weighted by Gasteiger charge is 2.38. The van der Waals surface area contributed by atoms with E-state index in [0.717, 1.165) is 69.9 Å². The number of thioether (sulfide) groups is 1. The molecule has 130 valence electrons. The summed E-state index contributed by atoms with van der Waals surface area (Å²) in [5.74, 6) is 2.00. The maximum atomic E-state index is 12.6. The van der Waals surface area contributed by atoms with E-state index in [1.807, 2.05) is 21.6 Å². The summed E-state index contributed by atoms with van der Waals surface area (Å²) in [5, 5.41) is 0. The molecule has 0 unspecified atom stereocenters. The fourth-order valence-electron chi connectivity index (χ4n) is 3.96. The monoisotopic (exact) mass is 341 g/mol. The van der Waals surface area contributed by atoms with Gasteiger partial charge in [-0.1, -0.05) is 0 Å². The van der Waals surface area contributed by atoms with Crippen molar-refractivity contribution in [3.8, 4) is 0 Å². The number of esters is 1. The number of carbonyl (C=O) groups is 2. The Labute approximate surface area is 142 Å². The summed E-state index contributed by atoms with van der Waals surface area (Å²) in [4.78, 5) is 30.8. The highest BCUT2D eigenvalue weighted by molar-refractivity contribution is 7.99. The summed E-state index contributed by atoms with van der Waals surface area (Å²) in [6.07, 6.45) is 3.88. The smallest absolute Gasteiger partial charge is 0.323 e. The highest BCUT2D eigenvalue weighted by Crippen LogP contribution is 2.27. The summed E-state index contributed by atoms with van der Waals surface area (Å²) in [5.41, 5.74) is 0. The van der Waals surface area contributed by atoms with Crippen LogP contribution < -0.4 is 0 Å². The SMILES string of the molecule is COC(=O)[C@@H]1CCCN1C1CCN(C(=O)N2CCSCC2)CC1. The van der Waals surface area contributed by atoms with Gasteiger partial charge in [-0.3, -0.25) is 9.69 Å². The number of urea groups is 1. The van der Waals surface area contributed by atoms with Crippen LogP contribution in [-0.2, 0) is 9.53 Å². The Morgan fingerprint density at radius 2 is 1.61 bits per heavy atom. The normalized spacial score (nSPS) is 27.3. The predicted octanol–water partition coefficient (Wildman–Crippen LogP) is 1.26. The standard InChI is InChI=1S/C16H27N3O3S/c1-22-15(20)14-3-2-6-19(14)13-4-7-17(8-5-13)16(21)18-9-11-23-12-10-18/h13-14H,2-12H2,1H3/t14-/m0/s1. The third-order valence-electron chi connectivity index (χ3n) is 5.25. The molecule has 1 atom stereocenters. The van der Waals surface area contributed by atoms with Crippen molar-refractivity contribution >= 4 is 23.8 Å². The molecular weight excluding hydrogens is 314 g/mol. The number of piperidine rings is 1. The van der Waals surface area contributed by atoms with Crippen molar-refractivity contribution in [3.63, 3.8) is 0 Å². The molecule has 0 aliphatic carbocycles. The number of nitrogens with zero attached hydrogens (tertiary/aromatic N) is 3. The van der Waals surface area contributed by atoms with E-state index in [0.29, 0.717) is 6.04 Å². The highest BCUT2D eigenvalue weighted by atomic mass is 32.2. The Morgan fingerprint density at radius 3 is 2.26 bits per heavy atom. The summed E-state index contributed by atoms with van der Waals surface area (Å²) >= 11 is 1.92. The van der Waals surface area contributed by atoms with Crippen LogP contribution >= 0.6 is 11.8 Å². The van der Waals surface area contributed by atoms with E-state index >= 15 is 0 Å². The lowest BCUT2D eigenvalue weighted by Gasteiger charge is -2.40. The third kappa shape index (κ3) is 3.76. The van der Waals surface area contributed by atoms with Gasteiger partial charge in [0.05, 0.1) is 7.11 Å². The Morgan fingerprint density at radius 1 is 0.957 bits per heavy atom. The molecule has 3 rings (SSSR count). The number of rotatable bonds is 2. The molecular formula is C16H27N3O3S. The van der Waals surface area contributed by atoms with Crippen LogP contribution in [0.1, 0.15) is 25.7 Å². The molecule has 3 fully saturated rings. The third-order valence-corrected chi connectivity index (χ3v) is 6.20. The molecule has 0 N–H and O–H groups in total. The van der Waals surface area contributed by atoms with E-state index in [2.05, 4.69) is 4.90 Å². The van der Waals surface area contributed by atoms with E-state index in [4.69, 9.17) is 4.74 Å². The van der Waals surface area contributed by atoms with Gasteiger partial charge >= 0.3 is 12.0 Å². The average Bonchev–Trinajstić information content (AvgIpc) is 3.11. The lowest BCUT2D eigenvalue weighted by Crippen LogP contribution is -2.53. The first-order valence-corrected chi connectivity index (χ1v) is 9.81. The van der Waals surface area contributed by atoms with E-state index in [1.54, 1.807) is 0 Å². The predicted molar refractivity (Wildman–Crippen MR) is 90.6 cm³/mol. The first kappa shape index (κ1) is 16.9. The summed E-state index contributed by atoms with van der Waals surface area (Å²) in [6, 6.07) is 0.531. The number of methoxy groups -OCH3 is 1. The van der Waals surface area contributed by atoms with Gasteiger partial charge in [-0.2, -0.15) is 11.8 Å². The van der Waals surface area contributed by atoms with Crippen LogP contribution in [0, 0.1) is 0 Å². The maximum absolute atomic E-state index is 12.6. The number of amides is 2. The second-order valence-electron chi connectivity index (χ2n) is 6.52. The van der Waals surface area contributed by atoms with E-state index in [-0.39, 0.29) is 18.0 Å². The minimum atomic E-state index is -0.105. The maximum Gasteiger partial charge on any atom is 0.323 e. The fourth-order valence-corrected chi connectivity index (χ4v) is 4.86. The second-order valence-corrected chi connectivity index (χ2v) is 7.74. The first-order chi connectivity index (χ1) is 11.2. The van der Waals surface area contributed by atoms with Gasteiger partial charge in [0.2, 0.25) is 0 Å². The minimum absolute atomic E-state index is 0.0774. The zero-order valence-electron chi connectivity index (χ0n) is 13.9. The van der Waals surface area contributed by atoms with Gasteiger partial charge in [-0.05, 0) is 32.2 Å². The van der Waals surface area contributed by atoms with Crippen molar-refractivity contribution in [1.29, 1.82) is 0 Å². The van der Waals surface area contributed by atoms with Crippen LogP contribution in [0.5, 0.6) is 0 Å². The number of likely N-dealkylation sites (tertiary alicyclic amines) is 2. The van der Waals surface area contributed by atoms with Gasteiger partial charge in [0.1, 0.15) is 6.04 Å². The molecule has 0 aromatic heterocycles. The lowest BCUT2D eigenvalue weighted by atomic mass is 10.0. The zero-order chi connectivity index (χ0) is 16.2. The zero-order valence-corrected chi connectivity index (χ0v) is 14.7. The van der Waals surface area contributed by atoms with Gasteiger partial charge in [0, 0.05) is 43.7 Å². The lowest BCUT2D eigenvalue weighted by molar-refractivity contribution is -0.147. The Bertz CT molecular complexity index is 434. The van der Waals surface area contributed by atoms with Gasteiger partial charge in [-0.25, -0.2) is 4.79 Å². The summed E-state index contributed by atoms with van der Waals surface area (Å²) in [7, 11) is 1.47. The van der Waals surface area contributed by atoms with E-state index in [1.165, 1.54) is 7.11 Å². The van der Waals surface area contributed by atoms with Crippen molar-refractivity contribution in [3.05, 3.63) is 0 Å². The van der Waals surface area contributed by atoms with Crippen LogP contribution in [0.15, 0.2) is 0 Å². The molecule has 3 aliphatic rings. The van der Waals surface area contributed by atoms with Gasteiger partial charge in [0.25, 0.3) is 0 Å². The molecule has 0 radical (unpaired) electrons. The Kier molecular flexibility index (Phi) is 5.69. The van der Waals surface area contributed by atoms with Crippen LogP contribution in [0.25, 0.3) is 0 Å². The average molecular weight is 341 g/mol. The van der Waals surface area contributed by atoms with Gasteiger partial charge < -0.3 is 14.5 Å². The largest absolute Gasteiger partial charge is 0.468 e. The van der Waals surface area contributed by atoms with Crippen LogP contribution in [0.2, 0.25) is 0 Å². The number of ether oxygens (including phenoxy) is 1. The van der Waals surface area contributed by atoms with Gasteiger partial charge in [-0.15, -0.1) is 0 Å². The molecule has 0 saturated carbocycles. The number of hydrogen-bond donors (Lipinski definition) is 0. The molecule has 0 aromatic carbocycles.